The quantitative estimate of drug-likeness (QED) is 0.578. The predicted molar refractivity (Wildman–Crippen MR) is 64.9 cm³/mol. The van der Waals surface area contributed by atoms with Crippen molar-refractivity contribution in [2.24, 2.45) is 5.14 Å². The van der Waals surface area contributed by atoms with Crippen molar-refractivity contribution in [2.75, 3.05) is 0 Å². The molecule has 0 aromatic heterocycles. The van der Waals surface area contributed by atoms with E-state index in [1.54, 1.807) is 0 Å². The average Bonchev–Trinajstić information content (AvgIpc) is 2.17. The second-order valence-electron chi connectivity index (χ2n) is 3.20. The Kier molecular flexibility index (Phi) is 4.29. The SMILES string of the molecule is NS(=O)(=O)c1c([N+](=O)[O-])cc(Br)c(Br)c1C(F)(F)F. The third-order valence-corrected chi connectivity index (χ3v) is 4.88. The molecule has 1 aromatic carbocycles. The minimum atomic E-state index is -5.14. The molecule has 1 rings (SSSR count). The van der Waals surface area contributed by atoms with Gasteiger partial charge < -0.3 is 0 Å². The normalized spacial score (nSPS) is 12.5. The van der Waals surface area contributed by atoms with Crippen molar-refractivity contribution in [1.82, 2.24) is 0 Å². The van der Waals surface area contributed by atoms with Crippen LogP contribution in [-0.2, 0) is 16.2 Å². The average molecular weight is 428 g/mol. The largest absolute Gasteiger partial charge is 0.419 e. The Hall–Kier alpha value is -0.720. The van der Waals surface area contributed by atoms with Crippen molar-refractivity contribution in [1.29, 1.82) is 0 Å². The van der Waals surface area contributed by atoms with E-state index in [4.69, 9.17) is 0 Å². The maximum Gasteiger partial charge on any atom is 0.419 e. The van der Waals surface area contributed by atoms with Gasteiger partial charge in [0.05, 0.1) is 10.5 Å². The van der Waals surface area contributed by atoms with Crippen LogP contribution in [0.5, 0.6) is 0 Å². The van der Waals surface area contributed by atoms with E-state index >= 15 is 0 Å². The Bertz CT molecular complexity index is 659. The van der Waals surface area contributed by atoms with E-state index in [2.05, 4.69) is 37.0 Å². The number of benzene rings is 1. The van der Waals surface area contributed by atoms with Gasteiger partial charge in [-0.2, -0.15) is 13.2 Å². The maximum absolute atomic E-state index is 12.9. The molecule has 2 N–H and O–H groups in total. The van der Waals surface area contributed by atoms with Crippen LogP contribution in [0.2, 0.25) is 0 Å². The molecule has 19 heavy (non-hydrogen) atoms. The molecule has 106 valence electrons. The number of primary sulfonamides is 1. The second kappa shape index (κ2) is 5.00. The highest BCUT2D eigenvalue weighted by Gasteiger charge is 2.44. The summed E-state index contributed by atoms with van der Waals surface area (Å²) in [7, 11) is -4.94. The van der Waals surface area contributed by atoms with Crippen LogP contribution in [0.4, 0.5) is 18.9 Å². The monoisotopic (exact) mass is 426 g/mol. The molecule has 0 heterocycles. The first-order chi connectivity index (χ1) is 8.37. The number of nitro benzene ring substituents is 1. The fourth-order valence-corrected chi connectivity index (χ4v) is 3.28. The third kappa shape index (κ3) is 3.24. The fraction of sp³-hybridized carbons (Fsp3) is 0.143. The van der Waals surface area contributed by atoms with Crippen LogP contribution >= 0.6 is 31.9 Å². The molecule has 6 nitrogen and oxygen atoms in total. The predicted octanol–water partition coefficient (Wildman–Crippen LogP) is 2.79. The molecule has 0 saturated carbocycles. The van der Waals surface area contributed by atoms with Crippen molar-refractivity contribution in [2.45, 2.75) is 11.1 Å². The van der Waals surface area contributed by atoms with Crippen molar-refractivity contribution in [3.05, 3.63) is 30.7 Å². The van der Waals surface area contributed by atoms with Gasteiger partial charge in [0, 0.05) is 15.0 Å². The van der Waals surface area contributed by atoms with Crippen LogP contribution in [0.1, 0.15) is 5.56 Å². The number of hydrogen-bond donors (Lipinski definition) is 1. The van der Waals surface area contributed by atoms with Gasteiger partial charge in [-0.25, -0.2) is 13.6 Å². The second-order valence-corrected chi connectivity index (χ2v) is 6.34. The smallest absolute Gasteiger partial charge is 0.258 e. The molecule has 12 heteroatoms. The molecule has 1 aromatic rings. The summed E-state index contributed by atoms with van der Waals surface area (Å²) in [6, 6.07) is 0.624. The standard InChI is InChI=1S/C7H3Br2F3N2O4S/c8-2-1-3(14(15)16)6(19(13,17)18)4(5(2)9)7(10,11)12/h1H,(H2,13,17,18). The molecule has 0 spiro atoms. The summed E-state index contributed by atoms with van der Waals surface area (Å²) < 4.78 is 60.1. The fourth-order valence-electron chi connectivity index (χ4n) is 1.27. The summed E-state index contributed by atoms with van der Waals surface area (Å²) in [6.45, 7) is 0. The number of nitrogens with zero attached hydrogens (tertiary/aromatic N) is 1. The molecule has 0 aliphatic heterocycles. The Morgan fingerprint density at radius 1 is 1.32 bits per heavy atom. The lowest BCUT2D eigenvalue weighted by atomic mass is 10.2. The third-order valence-electron chi connectivity index (χ3n) is 1.92. The molecule has 0 atom stereocenters. The van der Waals surface area contributed by atoms with Crippen LogP contribution in [0.3, 0.4) is 0 Å². The van der Waals surface area contributed by atoms with Crippen LogP contribution < -0.4 is 5.14 Å². The van der Waals surface area contributed by atoms with E-state index in [1.807, 2.05) is 0 Å². The first-order valence-corrected chi connectivity index (χ1v) is 7.27. The first-order valence-electron chi connectivity index (χ1n) is 4.13. The molecule has 0 bridgehead atoms. The van der Waals surface area contributed by atoms with Crippen LogP contribution in [0.25, 0.3) is 0 Å². The Labute approximate surface area is 121 Å². The number of rotatable bonds is 2. The summed E-state index contributed by atoms with van der Waals surface area (Å²) in [5.74, 6) is 0. The summed E-state index contributed by atoms with van der Waals surface area (Å²) in [5, 5.41) is 15.3. The van der Waals surface area contributed by atoms with Crippen LogP contribution in [0.15, 0.2) is 19.9 Å². The van der Waals surface area contributed by atoms with E-state index in [0.29, 0.717) is 6.07 Å². The van der Waals surface area contributed by atoms with Gasteiger partial charge in [0.1, 0.15) is 0 Å². The molecule has 0 radical (unpaired) electrons. The maximum atomic E-state index is 12.9. The highest BCUT2D eigenvalue weighted by Crippen LogP contribution is 2.45. The van der Waals surface area contributed by atoms with Gasteiger partial charge in [-0.05, 0) is 31.9 Å². The van der Waals surface area contributed by atoms with Crippen molar-refractivity contribution in [3.8, 4) is 0 Å². The van der Waals surface area contributed by atoms with Crippen molar-refractivity contribution < 1.29 is 26.5 Å². The molecule has 0 fully saturated rings. The van der Waals surface area contributed by atoms with Gasteiger partial charge in [0.15, 0.2) is 4.90 Å². The lowest BCUT2D eigenvalue weighted by Gasteiger charge is -2.14. The summed E-state index contributed by atoms with van der Waals surface area (Å²) in [5.41, 5.74) is -2.99. The minimum absolute atomic E-state index is 0.320. The highest BCUT2D eigenvalue weighted by molar-refractivity contribution is 9.13. The van der Waals surface area contributed by atoms with E-state index in [-0.39, 0.29) is 4.47 Å². The number of hydrogen-bond acceptors (Lipinski definition) is 4. The van der Waals surface area contributed by atoms with Crippen LogP contribution in [0, 0.1) is 10.1 Å². The summed E-state index contributed by atoms with van der Waals surface area (Å²) >= 11 is 5.20. The van der Waals surface area contributed by atoms with Gasteiger partial charge in [0.25, 0.3) is 5.69 Å². The van der Waals surface area contributed by atoms with E-state index in [1.165, 1.54) is 0 Å². The molecular formula is C7H3Br2F3N2O4S. The van der Waals surface area contributed by atoms with Gasteiger partial charge in [-0.1, -0.05) is 0 Å². The molecular weight excluding hydrogens is 425 g/mol. The van der Waals surface area contributed by atoms with Gasteiger partial charge in [-0.3, -0.25) is 10.1 Å². The lowest BCUT2D eigenvalue weighted by Crippen LogP contribution is -2.21. The van der Waals surface area contributed by atoms with Crippen molar-refractivity contribution in [3.63, 3.8) is 0 Å². The molecule has 0 saturated heterocycles. The zero-order valence-corrected chi connectivity index (χ0v) is 12.5. The first kappa shape index (κ1) is 16.3. The Balaban J connectivity index is 4.04. The molecule has 0 aliphatic rings. The van der Waals surface area contributed by atoms with E-state index in [0.717, 1.165) is 0 Å². The van der Waals surface area contributed by atoms with Crippen LogP contribution in [-0.4, -0.2) is 13.3 Å². The zero-order chi connectivity index (χ0) is 15.2. The molecule has 0 unspecified atom stereocenters. The topological polar surface area (TPSA) is 103 Å². The number of alkyl halides is 3. The van der Waals surface area contributed by atoms with Gasteiger partial charge >= 0.3 is 6.18 Å². The molecule has 0 amide bonds. The van der Waals surface area contributed by atoms with E-state index < -0.39 is 41.7 Å². The Morgan fingerprint density at radius 2 is 1.79 bits per heavy atom. The molecule has 0 aliphatic carbocycles. The number of nitrogens with two attached hydrogens (primary N) is 1. The van der Waals surface area contributed by atoms with Gasteiger partial charge in [0.2, 0.25) is 10.0 Å². The number of halogens is 5. The lowest BCUT2D eigenvalue weighted by molar-refractivity contribution is -0.388. The zero-order valence-electron chi connectivity index (χ0n) is 8.53. The number of nitro groups is 1. The number of sulfonamides is 1. The van der Waals surface area contributed by atoms with E-state index in [9.17, 15) is 31.7 Å². The Morgan fingerprint density at radius 3 is 2.11 bits per heavy atom. The minimum Gasteiger partial charge on any atom is -0.258 e. The summed E-state index contributed by atoms with van der Waals surface area (Å²) in [6.07, 6.45) is -5.14. The van der Waals surface area contributed by atoms with Crippen molar-refractivity contribution >= 4 is 47.6 Å². The van der Waals surface area contributed by atoms with Gasteiger partial charge in [-0.15, -0.1) is 0 Å². The summed E-state index contributed by atoms with van der Waals surface area (Å²) in [4.78, 5) is 7.85. The highest BCUT2D eigenvalue weighted by atomic mass is 79.9.